The fourth-order valence-electron chi connectivity index (χ4n) is 2.09. The summed E-state index contributed by atoms with van der Waals surface area (Å²) in [7, 11) is 0. The minimum absolute atomic E-state index is 0.0444. The number of aromatic nitrogens is 3. The minimum atomic E-state index is -0.547. The van der Waals surface area contributed by atoms with Crippen LogP contribution < -0.4 is 5.32 Å². The van der Waals surface area contributed by atoms with Crippen LogP contribution in [0.4, 0.5) is 0 Å². The van der Waals surface area contributed by atoms with Gasteiger partial charge in [0.25, 0.3) is 5.91 Å². The van der Waals surface area contributed by atoms with E-state index < -0.39 is 11.9 Å². The molecule has 104 valence electrons. The smallest absolute Gasteiger partial charge is 0.291 e. The maximum Gasteiger partial charge on any atom is 0.291 e. The van der Waals surface area contributed by atoms with E-state index in [0.29, 0.717) is 12.2 Å². The molecule has 1 unspecified atom stereocenters. The lowest BCUT2D eigenvalue weighted by Gasteiger charge is -2.20. The molecule has 1 aliphatic rings. The molecule has 0 spiro atoms. The van der Waals surface area contributed by atoms with Crippen molar-refractivity contribution in [3.8, 4) is 0 Å². The number of hydrogen-bond donors (Lipinski definition) is 2. The SMILES string of the molecule is CCc1nc(C(=O)NC(C)C(=O)N2CCCC2)n[nH]1. The molecular formula is C12H19N5O2. The summed E-state index contributed by atoms with van der Waals surface area (Å²) in [5.74, 6) is 0.273. The standard InChI is InChI=1S/C12H19N5O2/c1-3-9-14-10(16-15-9)11(18)13-8(2)12(19)17-6-4-5-7-17/h8H,3-7H2,1-2H3,(H,13,18)(H,14,15,16). The van der Waals surface area contributed by atoms with E-state index in [2.05, 4.69) is 20.5 Å². The zero-order valence-corrected chi connectivity index (χ0v) is 11.3. The van der Waals surface area contributed by atoms with E-state index >= 15 is 0 Å². The van der Waals surface area contributed by atoms with Crippen LogP contribution >= 0.6 is 0 Å². The van der Waals surface area contributed by atoms with E-state index in [9.17, 15) is 9.59 Å². The largest absolute Gasteiger partial charge is 0.341 e. The van der Waals surface area contributed by atoms with Crippen molar-refractivity contribution in [2.75, 3.05) is 13.1 Å². The third-order valence-corrected chi connectivity index (χ3v) is 3.21. The van der Waals surface area contributed by atoms with Crippen molar-refractivity contribution < 1.29 is 9.59 Å². The molecule has 1 aromatic rings. The molecule has 0 radical (unpaired) electrons. The van der Waals surface area contributed by atoms with Gasteiger partial charge >= 0.3 is 0 Å². The molecule has 7 heteroatoms. The minimum Gasteiger partial charge on any atom is -0.341 e. The Kier molecular flexibility index (Phi) is 4.13. The molecule has 0 aromatic carbocycles. The summed E-state index contributed by atoms with van der Waals surface area (Å²) >= 11 is 0. The third kappa shape index (κ3) is 3.10. The molecular weight excluding hydrogens is 246 g/mol. The van der Waals surface area contributed by atoms with Crippen LogP contribution in [0.15, 0.2) is 0 Å². The van der Waals surface area contributed by atoms with Gasteiger partial charge in [-0.05, 0) is 19.8 Å². The molecule has 1 aromatic heterocycles. The molecule has 1 aliphatic heterocycles. The Morgan fingerprint density at radius 2 is 2.11 bits per heavy atom. The lowest BCUT2D eigenvalue weighted by Crippen LogP contribution is -2.46. The Hall–Kier alpha value is -1.92. The first kappa shape index (κ1) is 13.5. The van der Waals surface area contributed by atoms with Gasteiger partial charge in [-0.2, -0.15) is 0 Å². The predicted octanol–water partition coefficient (Wildman–Crippen LogP) is 0.108. The maximum absolute atomic E-state index is 12.0. The third-order valence-electron chi connectivity index (χ3n) is 3.21. The first-order valence-electron chi connectivity index (χ1n) is 6.62. The van der Waals surface area contributed by atoms with Gasteiger partial charge in [0.05, 0.1) is 0 Å². The molecule has 0 saturated carbocycles. The molecule has 2 heterocycles. The second-order valence-electron chi connectivity index (χ2n) is 4.69. The number of rotatable bonds is 4. The number of nitrogens with zero attached hydrogens (tertiary/aromatic N) is 3. The van der Waals surface area contributed by atoms with Crippen LogP contribution in [0.3, 0.4) is 0 Å². The number of hydrogen-bond acceptors (Lipinski definition) is 4. The van der Waals surface area contributed by atoms with Crippen molar-refractivity contribution >= 4 is 11.8 Å². The van der Waals surface area contributed by atoms with Crippen molar-refractivity contribution in [1.82, 2.24) is 25.4 Å². The monoisotopic (exact) mass is 265 g/mol. The van der Waals surface area contributed by atoms with E-state index in [-0.39, 0.29) is 11.7 Å². The number of likely N-dealkylation sites (tertiary alicyclic amines) is 1. The summed E-state index contributed by atoms with van der Waals surface area (Å²) in [5.41, 5.74) is 0. The number of amides is 2. The molecule has 0 bridgehead atoms. The van der Waals surface area contributed by atoms with Crippen LogP contribution in [-0.2, 0) is 11.2 Å². The molecule has 19 heavy (non-hydrogen) atoms. The van der Waals surface area contributed by atoms with Crippen molar-refractivity contribution in [2.45, 2.75) is 39.2 Å². The van der Waals surface area contributed by atoms with Gasteiger partial charge in [-0.3, -0.25) is 14.7 Å². The molecule has 1 saturated heterocycles. The highest BCUT2D eigenvalue weighted by Crippen LogP contribution is 2.09. The van der Waals surface area contributed by atoms with Crippen molar-refractivity contribution in [3.05, 3.63) is 11.6 Å². The van der Waals surface area contributed by atoms with Gasteiger partial charge in [-0.1, -0.05) is 6.92 Å². The first-order valence-corrected chi connectivity index (χ1v) is 6.62. The fraction of sp³-hybridized carbons (Fsp3) is 0.667. The number of carbonyl (C=O) groups excluding carboxylic acids is 2. The van der Waals surface area contributed by atoms with Gasteiger partial charge < -0.3 is 10.2 Å². The Bertz CT molecular complexity index is 464. The van der Waals surface area contributed by atoms with Crippen molar-refractivity contribution in [3.63, 3.8) is 0 Å². The normalized spacial score (nSPS) is 16.4. The van der Waals surface area contributed by atoms with Crippen LogP contribution in [0.5, 0.6) is 0 Å². The van der Waals surface area contributed by atoms with E-state index in [0.717, 1.165) is 25.9 Å². The van der Waals surface area contributed by atoms with Gasteiger partial charge in [-0.25, -0.2) is 4.98 Å². The van der Waals surface area contributed by atoms with Gasteiger partial charge in [-0.15, -0.1) is 5.10 Å². The summed E-state index contributed by atoms with van der Waals surface area (Å²) in [6, 6.07) is -0.547. The number of carbonyl (C=O) groups is 2. The van der Waals surface area contributed by atoms with Gasteiger partial charge in [0.1, 0.15) is 11.9 Å². The Morgan fingerprint density at radius 1 is 1.42 bits per heavy atom. The molecule has 1 fully saturated rings. The first-order chi connectivity index (χ1) is 9.11. The van der Waals surface area contributed by atoms with Crippen LogP contribution in [0.1, 0.15) is 43.1 Å². The second kappa shape index (κ2) is 5.81. The van der Waals surface area contributed by atoms with E-state index in [1.54, 1.807) is 11.8 Å². The van der Waals surface area contributed by atoms with Crippen LogP contribution in [0, 0.1) is 0 Å². The highest BCUT2D eigenvalue weighted by molar-refractivity contribution is 5.94. The van der Waals surface area contributed by atoms with E-state index in [4.69, 9.17) is 0 Å². The second-order valence-corrected chi connectivity index (χ2v) is 4.69. The van der Waals surface area contributed by atoms with Crippen LogP contribution in [0.25, 0.3) is 0 Å². The zero-order chi connectivity index (χ0) is 13.8. The quantitative estimate of drug-likeness (QED) is 0.808. The average Bonchev–Trinajstić information content (AvgIpc) is 3.08. The number of aryl methyl sites for hydroxylation is 1. The van der Waals surface area contributed by atoms with Gasteiger partial charge in [0.15, 0.2) is 0 Å². The van der Waals surface area contributed by atoms with Crippen LogP contribution in [0.2, 0.25) is 0 Å². The summed E-state index contributed by atoms with van der Waals surface area (Å²) in [6.07, 6.45) is 2.75. The topological polar surface area (TPSA) is 91.0 Å². The Morgan fingerprint density at radius 3 is 2.68 bits per heavy atom. The molecule has 1 atom stereocenters. The lowest BCUT2D eigenvalue weighted by atomic mass is 10.3. The lowest BCUT2D eigenvalue weighted by molar-refractivity contribution is -0.131. The highest BCUT2D eigenvalue weighted by atomic mass is 16.2. The van der Waals surface area contributed by atoms with Gasteiger partial charge in [0, 0.05) is 19.5 Å². The summed E-state index contributed by atoms with van der Waals surface area (Å²) in [6.45, 7) is 5.16. The van der Waals surface area contributed by atoms with Crippen LogP contribution in [-0.4, -0.2) is 51.0 Å². The molecule has 7 nitrogen and oxygen atoms in total. The number of nitrogens with one attached hydrogen (secondary N) is 2. The van der Waals surface area contributed by atoms with Crippen molar-refractivity contribution in [2.24, 2.45) is 0 Å². The molecule has 2 N–H and O–H groups in total. The Balaban J connectivity index is 1.92. The average molecular weight is 265 g/mol. The van der Waals surface area contributed by atoms with E-state index in [1.807, 2.05) is 6.92 Å². The van der Waals surface area contributed by atoms with Crippen molar-refractivity contribution in [1.29, 1.82) is 0 Å². The number of H-pyrrole nitrogens is 1. The molecule has 2 rings (SSSR count). The summed E-state index contributed by atoms with van der Waals surface area (Å²) in [5, 5.41) is 9.14. The zero-order valence-electron chi connectivity index (χ0n) is 11.3. The van der Waals surface area contributed by atoms with E-state index in [1.165, 1.54) is 0 Å². The molecule has 0 aliphatic carbocycles. The highest BCUT2D eigenvalue weighted by Gasteiger charge is 2.25. The summed E-state index contributed by atoms with van der Waals surface area (Å²) < 4.78 is 0. The maximum atomic E-state index is 12.0. The van der Waals surface area contributed by atoms with Gasteiger partial charge in [0.2, 0.25) is 11.7 Å². The fourth-order valence-corrected chi connectivity index (χ4v) is 2.09. The Labute approximate surface area is 111 Å². The molecule has 2 amide bonds. The number of aromatic amines is 1. The summed E-state index contributed by atoms with van der Waals surface area (Å²) in [4.78, 5) is 29.7. The predicted molar refractivity (Wildman–Crippen MR) is 68.5 cm³/mol.